The SMILES string of the molecule is CN(CC(=O)NCc1cccnc1OC1CCCC1)S(=O)(=O)c1ccc(Cl)cc1. The van der Waals surface area contributed by atoms with Crippen LogP contribution in [-0.2, 0) is 21.4 Å². The second-order valence-electron chi connectivity index (χ2n) is 6.98. The zero-order valence-electron chi connectivity index (χ0n) is 16.2. The van der Waals surface area contributed by atoms with Gasteiger partial charge in [0.05, 0.1) is 11.4 Å². The summed E-state index contributed by atoms with van der Waals surface area (Å²) in [6.07, 6.45) is 6.14. The van der Waals surface area contributed by atoms with E-state index in [0.29, 0.717) is 10.9 Å². The quantitative estimate of drug-likeness (QED) is 0.685. The van der Waals surface area contributed by atoms with Crippen molar-refractivity contribution in [2.24, 2.45) is 0 Å². The van der Waals surface area contributed by atoms with Crippen molar-refractivity contribution < 1.29 is 17.9 Å². The van der Waals surface area contributed by atoms with Gasteiger partial charge in [0.15, 0.2) is 0 Å². The Balaban J connectivity index is 1.58. The maximum absolute atomic E-state index is 12.6. The molecule has 7 nitrogen and oxygen atoms in total. The number of aromatic nitrogens is 1. The summed E-state index contributed by atoms with van der Waals surface area (Å²) >= 11 is 5.80. The van der Waals surface area contributed by atoms with Crippen molar-refractivity contribution in [3.63, 3.8) is 0 Å². The molecule has 2 aromatic rings. The second kappa shape index (κ2) is 9.56. The van der Waals surface area contributed by atoms with Crippen LogP contribution in [0.4, 0.5) is 0 Å². The van der Waals surface area contributed by atoms with Crippen molar-refractivity contribution in [3.05, 3.63) is 53.2 Å². The molecule has 0 unspecified atom stereocenters. The number of hydrogen-bond donors (Lipinski definition) is 1. The van der Waals surface area contributed by atoms with Crippen LogP contribution in [0.15, 0.2) is 47.5 Å². The molecule has 0 atom stereocenters. The molecule has 1 amide bonds. The van der Waals surface area contributed by atoms with Gasteiger partial charge in [-0.1, -0.05) is 17.7 Å². The van der Waals surface area contributed by atoms with Crippen LogP contribution in [-0.4, -0.2) is 43.3 Å². The Morgan fingerprint density at radius 2 is 1.93 bits per heavy atom. The highest BCUT2D eigenvalue weighted by atomic mass is 35.5. The van der Waals surface area contributed by atoms with E-state index < -0.39 is 15.9 Å². The first kappa shape index (κ1) is 21.5. The molecule has 1 saturated carbocycles. The normalized spacial score (nSPS) is 14.9. The molecule has 0 bridgehead atoms. The number of amides is 1. The smallest absolute Gasteiger partial charge is 0.243 e. The molecule has 156 valence electrons. The van der Waals surface area contributed by atoms with Crippen LogP contribution >= 0.6 is 11.6 Å². The highest BCUT2D eigenvalue weighted by molar-refractivity contribution is 7.89. The molecule has 1 aliphatic rings. The predicted octanol–water partition coefficient (Wildman–Crippen LogP) is 2.99. The number of pyridine rings is 1. The molecule has 9 heteroatoms. The van der Waals surface area contributed by atoms with Gasteiger partial charge >= 0.3 is 0 Å². The lowest BCUT2D eigenvalue weighted by Gasteiger charge is -2.18. The topological polar surface area (TPSA) is 88.6 Å². The van der Waals surface area contributed by atoms with E-state index in [9.17, 15) is 13.2 Å². The molecule has 1 aliphatic carbocycles. The van der Waals surface area contributed by atoms with Crippen LogP contribution in [0.2, 0.25) is 5.02 Å². The van der Waals surface area contributed by atoms with E-state index in [-0.39, 0.29) is 24.1 Å². The Morgan fingerprint density at radius 1 is 1.24 bits per heavy atom. The monoisotopic (exact) mass is 437 g/mol. The Morgan fingerprint density at radius 3 is 2.62 bits per heavy atom. The van der Waals surface area contributed by atoms with Gasteiger partial charge in [-0.2, -0.15) is 4.31 Å². The molecular weight excluding hydrogens is 414 g/mol. The molecule has 1 aromatic heterocycles. The summed E-state index contributed by atoms with van der Waals surface area (Å²) < 4.78 is 32.1. The number of carbonyl (C=O) groups excluding carboxylic acids is 1. The maximum Gasteiger partial charge on any atom is 0.243 e. The fourth-order valence-electron chi connectivity index (χ4n) is 3.15. The van der Waals surface area contributed by atoms with E-state index in [4.69, 9.17) is 16.3 Å². The van der Waals surface area contributed by atoms with Crippen molar-refractivity contribution in [1.29, 1.82) is 0 Å². The fraction of sp³-hybridized carbons (Fsp3) is 0.400. The van der Waals surface area contributed by atoms with Crippen LogP contribution in [0.25, 0.3) is 0 Å². The van der Waals surface area contributed by atoms with Gasteiger partial charge in [0.25, 0.3) is 0 Å². The third-order valence-corrected chi connectivity index (χ3v) is 6.86. The third-order valence-electron chi connectivity index (χ3n) is 4.79. The van der Waals surface area contributed by atoms with Crippen LogP contribution < -0.4 is 10.1 Å². The average molecular weight is 438 g/mol. The van der Waals surface area contributed by atoms with Crippen LogP contribution in [0.3, 0.4) is 0 Å². The first-order valence-electron chi connectivity index (χ1n) is 9.45. The lowest BCUT2D eigenvalue weighted by molar-refractivity contribution is -0.121. The van der Waals surface area contributed by atoms with Gasteiger partial charge in [0, 0.05) is 30.4 Å². The first-order chi connectivity index (χ1) is 13.9. The first-order valence-corrected chi connectivity index (χ1v) is 11.3. The summed E-state index contributed by atoms with van der Waals surface area (Å²) in [5.41, 5.74) is 0.760. The Labute approximate surface area is 176 Å². The number of halogens is 1. The average Bonchev–Trinajstić information content (AvgIpc) is 3.20. The van der Waals surface area contributed by atoms with Gasteiger partial charge in [0.1, 0.15) is 6.10 Å². The van der Waals surface area contributed by atoms with Crippen molar-refractivity contribution in [2.45, 2.75) is 43.2 Å². The van der Waals surface area contributed by atoms with E-state index >= 15 is 0 Å². The van der Waals surface area contributed by atoms with Gasteiger partial charge in [-0.3, -0.25) is 4.79 Å². The number of benzene rings is 1. The number of nitrogens with zero attached hydrogens (tertiary/aromatic N) is 2. The molecule has 1 aromatic carbocycles. The van der Waals surface area contributed by atoms with Gasteiger partial charge in [-0.25, -0.2) is 13.4 Å². The number of hydrogen-bond acceptors (Lipinski definition) is 5. The van der Waals surface area contributed by atoms with Crippen LogP contribution in [0, 0.1) is 0 Å². The molecule has 0 saturated heterocycles. The van der Waals surface area contributed by atoms with E-state index in [2.05, 4.69) is 10.3 Å². The molecule has 0 aliphatic heterocycles. The minimum atomic E-state index is -3.78. The second-order valence-corrected chi connectivity index (χ2v) is 9.47. The number of nitrogens with one attached hydrogen (secondary N) is 1. The molecule has 0 radical (unpaired) electrons. The summed E-state index contributed by atoms with van der Waals surface area (Å²) in [6.45, 7) is -0.0897. The van der Waals surface area contributed by atoms with Gasteiger partial charge in [0.2, 0.25) is 21.8 Å². The lowest BCUT2D eigenvalue weighted by Crippen LogP contribution is -2.38. The van der Waals surface area contributed by atoms with Gasteiger partial charge in [-0.05, 0) is 56.0 Å². The van der Waals surface area contributed by atoms with Crippen molar-refractivity contribution in [2.75, 3.05) is 13.6 Å². The number of rotatable bonds is 8. The van der Waals surface area contributed by atoms with E-state index in [1.54, 1.807) is 12.3 Å². The minimum absolute atomic E-state index is 0.0803. The summed E-state index contributed by atoms with van der Waals surface area (Å²) in [5, 5.41) is 3.18. The molecule has 1 heterocycles. The molecule has 0 spiro atoms. The number of ether oxygens (including phenoxy) is 1. The zero-order chi connectivity index (χ0) is 20.9. The highest BCUT2D eigenvalue weighted by Gasteiger charge is 2.23. The van der Waals surface area contributed by atoms with Crippen molar-refractivity contribution >= 4 is 27.5 Å². The third kappa shape index (κ3) is 5.68. The van der Waals surface area contributed by atoms with Gasteiger partial charge < -0.3 is 10.1 Å². The summed E-state index contributed by atoms with van der Waals surface area (Å²) in [7, 11) is -2.42. The highest BCUT2D eigenvalue weighted by Crippen LogP contribution is 2.25. The minimum Gasteiger partial charge on any atom is -0.474 e. The Hall–Kier alpha value is -2.16. The number of likely N-dealkylation sites (N-methyl/N-ethyl adjacent to an activating group) is 1. The van der Waals surface area contributed by atoms with Crippen LogP contribution in [0.5, 0.6) is 5.88 Å². The predicted molar refractivity (Wildman–Crippen MR) is 110 cm³/mol. The number of sulfonamides is 1. The maximum atomic E-state index is 12.6. The van der Waals surface area contributed by atoms with Gasteiger partial charge in [-0.15, -0.1) is 0 Å². The summed E-state index contributed by atoms with van der Waals surface area (Å²) in [5.74, 6) is 0.0996. The Kier molecular flexibility index (Phi) is 7.10. The molecule has 3 rings (SSSR count). The summed E-state index contributed by atoms with van der Waals surface area (Å²) in [6, 6.07) is 9.43. The number of carbonyl (C=O) groups is 1. The molecule has 1 fully saturated rings. The van der Waals surface area contributed by atoms with Crippen molar-refractivity contribution in [1.82, 2.24) is 14.6 Å². The van der Waals surface area contributed by atoms with E-state index in [1.165, 1.54) is 31.3 Å². The van der Waals surface area contributed by atoms with E-state index in [1.807, 2.05) is 6.07 Å². The largest absolute Gasteiger partial charge is 0.474 e. The zero-order valence-corrected chi connectivity index (χ0v) is 17.7. The standard InChI is InChI=1S/C20H24ClN3O4S/c1-24(29(26,27)18-10-8-16(21)9-11-18)14-19(25)23-13-15-5-4-12-22-20(15)28-17-6-2-3-7-17/h4-5,8-12,17H,2-3,6-7,13-14H2,1H3,(H,23,25). The van der Waals surface area contributed by atoms with Crippen molar-refractivity contribution in [3.8, 4) is 5.88 Å². The fourth-order valence-corrected chi connectivity index (χ4v) is 4.41. The summed E-state index contributed by atoms with van der Waals surface area (Å²) in [4.78, 5) is 16.7. The van der Waals surface area contributed by atoms with E-state index in [0.717, 1.165) is 35.6 Å². The Bertz CT molecular complexity index is 944. The lowest BCUT2D eigenvalue weighted by atomic mass is 10.2. The molecular formula is C20H24ClN3O4S. The van der Waals surface area contributed by atoms with Crippen LogP contribution in [0.1, 0.15) is 31.2 Å². The molecule has 1 N–H and O–H groups in total. The molecule has 29 heavy (non-hydrogen) atoms.